The van der Waals surface area contributed by atoms with Crippen molar-refractivity contribution in [3.05, 3.63) is 11.6 Å². The van der Waals surface area contributed by atoms with Crippen molar-refractivity contribution in [2.45, 2.75) is 53.4 Å². The van der Waals surface area contributed by atoms with Gasteiger partial charge in [-0.15, -0.1) is 0 Å². The summed E-state index contributed by atoms with van der Waals surface area (Å²) < 4.78 is 0. The topological polar surface area (TPSA) is 12.4 Å². The second-order valence-electron chi connectivity index (χ2n) is 4.62. The Morgan fingerprint density at radius 3 is 2.67 bits per heavy atom. The lowest BCUT2D eigenvalue weighted by Gasteiger charge is -2.24. The second kappa shape index (κ2) is 6.09. The molecule has 1 rings (SSSR count). The predicted octanol–water partition coefficient (Wildman–Crippen LogP) is 4.24. The van der Waals surface area contributed by atoms with E-state index in [9.17, 15) is 0 Å². The maximum atomic E-state index is 4.75. The first-order chi connectivity index (χ1) is 7.22. The molecule has 0 aromatic carbocycles. The van der Waals surface area contributed by atoms with E-state index in [1.54, 1.807) is 0 Å². The zero-order chi connectivity index (χ0) is 11.3. The third-order valence-corrected chi connectivity index (χ3v) is 3.40. The van der Waals surface area contributed by atoms with E-state index in [1.165, 1.54) is 30.5 Å². The van der Waals surface area contributed by atoms with Gasteiger partial charge < -0.3 is 0 Å². The van der Waals surface area contributed by atoms with Gasteiger partial charge in [-0.05, 0) is 36.7 Å². The SMILES string of the molecule is CCCC1C=C(C(C)CC)C(CC)=NC1. The van der Waals surface area contributed by atoms with E-state index >= 15 is 0 Å². The van der Waals surface area contributed by atoms with Crippen LogP contribution in [0.5, 0.6) is 0 Å². The second-order valence-corrected chi connectivity index (χ2v) is 4.62. The number of allylic oxidation sites excluding steroid dienone is 1. The molecule has 1 aliphatic rings. The van der Waals surface area contributed by atoms with Crippen LogP contribution in [-0.2, 0) is 0 Å². The van der Waals surface area contributed by atoms with Gasteiger partial charge in [0.15, 0.2) is 0 Å². The molecule has 0 bridgehead atoms. The summed E-state index contributed by atoms with van der Waals surface area (Å²) in [6.45, 7) is 10.1. The molecule has 15 heavy (non-hydrogen) atoms. The number of hydrogen-bond acceptors (Lipinski definition) is 1. The van der Waals surface area contributed by atoms with Gasteiger partial charge >= 0.3 is 0 Å². The van der Waals surface area contributed by atoms with Gasteiger partial charge in [-0.25, -0.2) is 0 Å². The monoisotopic (exact) mass is 207 g/mol. The van der Waals surface area contributed by atoms with Crippen LogP contribution in [0.4, 0.5) is 0 Å². The van der Waals surface area contributed by atoms with Crippen LogP contribution in [0.2, 0.25) is 0 Å². The van der Waals surface area contributed by atoms with E-state index in [1.807, 2.05) is 0 Å². The molecule has 0 aromatic rings. The Bertz CT molecular complexity index is 250. The van der Waals surface area contributed by atoms with Crippen LogP contribution < -0.4 is 0 Å². The van der Waals surface area contributed by atoms with Gasteiger partial charge in [-0.1, -0.05) is 40.2 Å². The number of hydrogen-bond donors (Lipinski definition) is 0. The molecule has 1 nitrogen and oxygen atoms in total. The van der Waals surface area contributed by atoms with Crippen molar-refractivity contribution in [2.75, 3.05) is 6.54 Å². The zero-order valence-electron chi connectivity index (χ0n) is 10.7. The molecule has 0 radical (unpaired) electrons. The average molecular weight is 207 g/mol. The summed E-state index contributed by atoms with van der Waals surface area (Å²) in [6.07, 6.45) is 7.38. The van der Waals surface area contributed by atoms with E-state index in [4.69, 9.17) is 4.99 Å². The molecule has 0 N–H and O–H groups in total. The lowest BCUT2D eigenvalue weighted by Crippen LogP contribution is -2.19. The first-order valence-electron chi connectivity index (χ1n) is 6.48. The molecule has 86 valence electrons. The lowest BCUT2D eigenvalue weighted by atomic mass is 9.86. The molecule has 1 heterocycles. The van der Waals surface area contributed by atoms with Crippen molar-refractivity contribution in [1.29, 1.82) is 0 Å². The minimum absolute atomic E-state index is 0.684. The molecule has 0 fully saturated rings. The summed E-state index contributed by atoms with van der Waals surface area (Å²) in [5, 5.41) is 0. The van der Waals surface area contributed by atoms with Crippen LogP contribution in [0.25, 0.3) is 0 Å². The van der Waals surface area contributed by atoms with Gasteiger partial charge in [0.25, 0.3) is 0 Å². The van der Waals surface area contributed by atoms with E-state index < -0.39 is 0 Å². The van der Waals surface area contributed by atoms with Gasteiger partial charge in [0, 0.05) is 12.3 Å². The van der Waals surface area contributed by atoms with Crippen LogP contribution in [-0.4, -0.2) is 12.3 Å². The number of rotatable bonds is 5. The highest BCUT2D eigenvalue weighted by molar-refractivity contribution is 6.00. The average Bonchev–Trinajstić information content (AvgIpc) is 2.28. The smallest absolute Gasteiger partial charge is 0.0455 e. The van der Waals surface area contributed by atoms with E-state index in [0.717, 1.165) is 13.0 Å². The number of aliphatic imine (C=N–C) groups is 1. The Balaban J connectivity index is 2.77. The summed E-state index contributed by atoms with van der Waals surface area (Å²) in [5.74, 6) is 1.39. The zero-order valence-corrected chi connectivity index (χ0v) is 10.7. The van der Waals surface area contributed by atoms with Crippen LogP contribution in [0.1, 0.15) is 53.4 Å². The van der Waals surface area contributed by atoms with Crippen molar-refractivity contribution in [1.82, 2.24) is 0 Å². The summed E-state index contributed by atoms with van der Waals surface area (Å²) in [7, 11) is 0. The van der Waals surface area contributed by atoms with Crippen molar-refractivity contribution in [3.63, 3.8) is 0 Å². The minimum atomic E-state index is 0.684. The van der Waals surface area contributed by atoms with Gasteiger partial charge in [0.2, 0.25) is 0 Å². The highest BCUT2D eigenvalue weighted by atomic mass is 14.8. The Labute approximate surface area is 94.7 Å². The minimum Gasteiger partial charge on any atom is -0.289 e. The standard InChI is InChI=1S/C14H25N/c1-5-8-12-9-13(11(4)6-2)14(7-3)15-10-12/h9,11-12H,5-8,10H2,1-4H3. The summed E-state index contributed by atoms with van der Waals surface area (Å²) >= 11 is 0. The molecule has 1 aliphatic heterocycles. The van der Waals surface area contributed by atoms with Gasteiger partial charge in [0.05, 0.1) is 0 Å². The van der Waals surface area contributed by atoms with E-state index in [-0.39, 0.29) is 0 Å². The van der Waals surface area contributed by atoms with Crippen LogP contribution in [0, 0.1) is 11.8 Å². The third-order valence-electron chi connectivity index (χ3n) is 3.40. The van der Waals surface area contributed by atoms with Crippen LogP contribution in [0.15, 0.2) is 16.6 Å². The Morgan fingerprint density at radius 1 is 1.40 bits per heavy atom. The fraction of sp³-hybridized carbons (Fsp3) is 0.786. The van der Waals surface area contributed by atoms with E-state index in [0.29, 0.717) is 11.8 Å². The maximum absolute atomic E-state index is 4.75. The molecule has 2 atom stereocenters. The molecule has 0 amide bonds. The number of nitrogens with zero attached hydrogens (tertiary/aromatic N) is 1. The van der Waals surface area contributed by atoms with Gasteiger partial charge in [-0.2, -0.15) is 0 Å². The molecule has 0 aliphatic carbocycles. The lowest BCUT2D eigenvalue weighted by molar-refractivity contribution is 0.565. The summed E-state index contributed by atoms with van der Waals surface area (Å²) in [4.78, 5) is 4.75. The van der Waals surface area contributed by atoms with E-state index in [2.05, 4.69) is 33.8 Å². The number of dihydropyridines is 1. The van der Waals surface area contributed by atoms with Gasteiger partial charge in [0.1, 0.15) is 0 Å². The fourth-order valence-electron chi connectivity index (χ4n) is 2.25. The Hall–Kier alpha value is -0.590. The highest BCUT2D eigenvalue weighted by Gasteiger charge is 2.18. The van der Waals surface area contributed by atoms with Crippen LogP contribution in [0.3, 0.4) is 0 Å². The van der Waals surface area contributed by atoms with Crippen molar-refractivity contribution in [3.8, 4) is 0 Å². The summed E-state index contributed by atoms with van der Waals surface area (Å²) in [5.41, 5.74) is 2.89. The Kier molecular flexibility index (Phi) is 5.07. The molecular formula is C14H25N. The van der Waals surface area contributed by atoms with Crippen molar-refractivity contribution >= 4 is 5.71 Å². The van der Waals surface area contributed by atoms with Gasteiger partial charge in [-0.3, -0.25) is 4.99 Å². The first-order valence-corrected chi connectivity index (χ1v) is 6.48. The quantitative estimate of drug-likeness (QED) is 0.639. The third kappa shape index (κ3) is 3.19. The molecular weight excluding hydrogens is 182 g/mol. The molecule has 1 heteroatoms. The maximum Gasteiger partial charge on any atom is 0.0455 e. The van der Waals surface area contributed by atoms with Crippen molar-refractivity contribution in [2.24, 2.45) is 16.8 Å². The Morgan fingerprint density at radius 2 is 2.13 bits per heavy atom. The molecule has 0 aromatic heterocycles. The highest BCUT2D eigenvalue weighted by Crippen LogP contribution is 2.25. The normalized spacial score (nSPS) is 23.3. The predicted molar refractivity (Wildman–Crippen MR) is 68.5 cm³/mol. The first kappa shape index (κ1) is 12.5. The molecule has 0 saturated carbocycles. The molecule has 0 spiro atoms. The van der Waals surface area contributed by atoms with Crippen LogP contribution >= 0.6 is 0 Å². The molecule has 2 unspecified atom stereocenters. The summed E-state index contributed by atoms with van der Waals surface area (Å²) in [6, 6.07) is 0. The fourth-order valence-corrected chi connectivity index (χ4v) is 2.25. The molecule has 0 saturated heterocycles. The van der Waals surface area contributed by atoms with Crippen molar-refractivity contribution < 1.29 is 0 Å². The largest absolute Gasteiger partial charge is 0.289 e.